The van der Waals surface area contributed by atoms with Gasteiger partial charge in [-0.2, -0.15) is 0 Å². The molecule has 0 aromatic carbocycles. The van der Waals surface area contributed by atoms with Gasteiger partial charge in [-0.3, -0.25) is 0 Å². The lowest BCUT2D eigenvalue weighted by Crippen LogP contribution is -2.13. The summed E-state index contributed by atoms with van der Waals surface area (Å²) in [6.45, 7) is 3.93. The van der Waals surface area contributed by atoms with Gasteiger partial charge in [-0.15, -0.1) is 0 Å². The highest BCUT2D eigenvalue weighted by Gasteiger charge is 1.95. The third-order valence-electron chi connectivity index (χ3n) is 2.54. The van der Waals surface area contributed by atoms with Crippen molar-refractivity contribution in [2.24, 2.45) is 11.5 Å². The maximum Gasteiger partial charge on any atom is 0.404 e. The predicted octanol–water partition coefficient (Wildman–Crippen LogP) is 1.41. The Morgan fingerprint density at radius 1 is 0.737 bits per heavy atom. The summed E-state index contributed by atoms with van der Waals surface area (Å²) < 4.78 is 15.4. The number of rotatable bonds is 14. The minimum atomic E-state index is -0.708. The third kappa shape index (κ3) is 17.1. The van der Waals surface area contributed by atoms with Gasteiger partial charge >= 0.3 is 6.09 Å². The van der Waals surface area contributed by atoms with Gasteiger partial charge in [0.25, 0.3) is 0 Å². The molecular formula is C13H28N2O4. The Hall–Kier alpha value is -0.850. The molecule has 0 aromatic heterocycles. The minimum absolute atomic E-state index is 0.390. The molecule has 0 radical (unpaired) electrons. The average molecular weight is 276 g/mol. The number of hydrogen-bond acceptors (Lipinski definition) is 5. The molecule has 0 spiro atoms. The van der Waals surface area contributed by atoms with Crippen molar-refractivity contribution in [1.29, 1.82) is 0 Å². The Morgan fingerprint density at radius 3 is 1.79 bits per heavy atom. The molecule has 0 unspecified atom stereocenters. The Balaban J connectivity index is 2.93. The van der Waals surface area contributed by atoms with E-state index in [1.807, 2.05) is 0 Å². The van der Waals surface area contributed by atoms with Gasteiger partial charge in [-0.25, -0.2) is 4.79 Å². The molecule has 0 aliphatic rings. The lowest BCUT2D eigenvalue weighted by atomic mass is 10.2. The monoisotopic (exact) mass is 276 g/mol. The quantitative estimate of drug-likeness (QED) is 0.468. The van der Waals surface area contributed by atoms with Crippen molar-refractivity contribution in [3.8, 4) is 0 Å². The van der Waals surface area contributed by atoms with E-state index in [-0.39, 0.29) is 0 Å². The van der Waals surface area contributed by atoms with Gasteiger partial charge in [0.1, 0.15) is 0 Å². The first-order valence-electron chi connectivity index (χ1n) is 7.05. The second-order valence-electron chi connectivity index (χ2n) is 4.30. The van der Waals surface area contributed by atoms with E-state index >= 15 is 0 Å². The van der Waals surface area contributed by atoms with E-state index in [0.29, 0.717) is 26.4 Å². The zero-order valence-electron chi connectivity index (χ0n) is 11.8. The highest BCUT2D eigenvalue weighted by atomic mass is 16.5. The van der Waals surface area contributed by atoms with E-state index in [4.69, 9.17) is 20.9 Å². The third-order valence-corrected chi connectivity index (χ3v) is 2.54. The molecule has 0 rings (SSSR count). The molecule has 114 valence electrons. The smallest absolute Gasteiger partial charge is 0.404 e. The molecule has 1 amide bonds. The van der Waals surface area contributed by atoms with Crippen LogP contribution in [0.2, 0.25) is 0 Å². The van der Waals surface area contributed by atoms with Gasteiger partial charge in [-0.1, -0.05) is 0 Å². The van der Waals surface area contributed by atoms with Crippen LogP contribution in [0.25, 0.3) is 0 Å². The van der Waals surface area contributed by atoms with Crippen LogP contribution in [0.5, 0.6) is 0 Å². The summed E-state index contributed by atoms with van der Waals surface area (Å²) >= 11 is 0. The number of hydrogen-bond donors (Lipinski definition) is 2. The Kier molecular flexibility index (Phi) is 14.5. The maximum absolute atomic E-state index is 10.3. The number of ether oxygens (including phenoxy) is 3. The summed E-state index contributed by atoms with van der Waals surface area (Å²) in [6, 6.07) is 0. The molecule has 0 saturated heterocycles. The summed E-state index contributed by atoms with van der Waals surface area (Å²) in [6.07, 6.45) is 5.30. The molecule has 0 saturated carbocycles. The van der Waals surface area contributed by atoms with Crippen molar-refractivity contribution in [1.82, 2.24) is 0 Å². The molecule has 19 heavy (non-hydrogen) atoms. The van der Waals surface area contributed by atoms with E-state index in [0.717, 1.165) is 51.7 Å². The van der Waals surface area contributed by atoms with E-state index in [9.17, 15) is 4.79 Å². The summed E-state index contributed by atoms with van der Waals surface area (Å²) in [5.41, 5.74) is 10.2. The van der Waals surface area contributed by atoms with E-state index in [2.05, 4.69) is 4.74 Å². The van der Waals surface area contributed by atoms with Crippen molar-refractivity contribution in [2.75, 3.05) is 39.6 Å². The van der Waals surface area contributed by atoms with Crippen LogP contribution < -0.4 is 11.5 Å². The molecule has 4 N–H and O–H groups in total. The summed E-state index contributed by atoms with van der Waals surface area (Å²) in [4.78, 5) is 10.3. The fourth-order valence-corrected chi connectivity index (χ4v) is 1.50. The first-order chi connectivity index (χ1) is 9.27. The normalized spacial score (nSPS) is 10.6. The van der Waals surface area contributed by atoms with Crippen LogP contribution in [0.4, 0.5) is 4.79 Å². The van der Waals surface area contributed by atoms with Gasteiger partial charge in [-0.05, 0) is 45.1 Å². The molecule has 0 aliphatic carbocycles. The van der Waals surface area contributed by atoms with Crippen LogP contribution in [0.1, 0.15) is 38.5 Å². The zero-order chi connectivity index (χ0) is 14.2. The van der Waals surface area contributed by atoms with Crippen molar-refractivity contribution in [2.45, 2.75) is 38.5 Å². The zero-order valence-corrected chi connectivity index (χ0v) is 11.8. The molecule has 6 nitrogen and oxygen atoms in total. The van der Waals surface area contributed by atoms with Crippen LogP contribution in [0.15, 0.2) is 0 Å². The van der Waals surface area contributed by atoms with Gasteiger partial charge in [0, 0.05) is 13.2 Å². The van der Waals surface area contributed by atoms with Crippen LogP contribution in [-0.2, 0) is 14.2 Å². The first kappa shape index (κ1) is 18.1. The van der Waals surface area contributed by atoms with Gasteiger partial charge in [0.15, 0.2) is 0 Å². The van der Waals surface area contributed by atoms with Crippen molar-refractivity contribution < 1.29 is 19.0 Å². The molecule has 0 aromatic rings. The fraction of sp³-hybridized carbons (Fsp3) is 0.923. The molecule has 0 atom stereocenters. The summed E-state index contributed by atoms with van der Waals surface area (Å²) in [7, 11) is 0. The minimum Gasteiger partial charge on any atom is -0.450 e. The van der Waals surface area contributed by atoms with E-state index in [1.54, 1.807) is 0 Å². The highest BCUT2D eigenvalue weighted by Crippen LogP contribution is 1.97. The number of amides is 1. The predicted molar refractivity (Wildman–Crippen MR) is 73.9 cm³/mol. The largest absolute Gasteiger partial charge is 0.450 e. The second-order valence-corrected chi connectivity index (χ2v) is 4.30. The van der Waals surface area contributed by atoms with Crippen LogP contribution >= 0.6 is 0 Å². The molecule has 0 heterocycles. The average Bonchev–Trinajstić information content (AvgIpc) is 2.39. The Morgan fingerprint density at radius 2 is 1.26 bits per heavy atom. The van der Waals surface area contributed by atoms with Gasteiger partial charge in [0.2, 0.25) is 0 Å². The van der Waals surface area contributed by atoms with Crippen molar-refractivity contribution in [3.05, 3.63) is 0 Å². The number of unbranched alkanes of at least 4 members (excludes halogenated alkanes) is 4. The molecule has 0 fully saturated rings. The standard InChI is InChI=1S/C13H28N2O4/c14-7-3-1-4-8-17-11-12-18-9-5-2-6-10-19-13(15)16/h1-12,14H2,(H2,15,16). The molecule has 0 aliphatic heterocycles. The number of carbonyl (C=O) groups is 1. The first-order valence-corrected chi connectivity index (χ1v) is 7.05. The van der Waals surface area contributed by atoms with E-state index < -0.39 is 6.09 Å². The lowest BCUT2D eigenvalue weighted by molar-refractivity contribution is 0.0445. The Labute approximate surface area is 115 Å². The fourth-order valence-electron chi connectivity index (χ4n) is 1.50. The number of primary amides is 1. The Bertz CT molecular complexity index is 203. The van der Waals surface area contributed by atoms with Crippen LogP contribution in [0, 0.1) is 0 Å². The SMILES string of the molecule is NCCCCCOCCOCCCCCOC(N)=O. The second kappa shape index (κ2) is 15.2. The van der Waals surface area contributed by atoms with E-state index in [1.165, 1.54) is 0 Å². The van der Waals surface area contributed by atoms with Crippen LogP contribution in [-0.4, -0.2) is 45.7 Å². The maximum atomic E-state index is 10.3. The van der Waals surface area contributed by atoms with Gasteiger partial charge < -0.3 is 25.7 Å². The summed E-state index contributed by atoms with van der Waals surface area (Å²) in [5.74, 6) is 0. The molecule has 0 bridgehead atoms. The number of nitrogens with two attached hydrogens (primary N) is 2. The summed E-state index contributed by atoms with van der Waals surface area (Å²) in [5, 5.41) is 0. The highest BCUT2D eigenvalue weighted by molar-refractivity contribution is 5.64. The topological polar surface area (TPSA) is 96.8 Å². The number of carbonyl (C=O) groups excluding carboxylic acids is 1. The van der Waals surface area contributed by atoms with Crippen LogP contribution in [0.3, 0.4) is 0 Å². The molecule has 6 heteroatoms. The van der Waals surface area contributed by atoms with Crippen molar-refractivity contribution in [3.63, 3.8) is 0 Å². The lowest BCUT2D eigenvalue weighted by Gasteiger charge is -2.06. The van der Waals surface area contributed by atoms with Crippen molar-refractivity contribution >= 4 is 6.09 Å². The molecular weight excluding hydrogens is 248 g/mol. The van der Waals surface area contributed by atoms with Gasteiger partial charge in [0.05, 0.1) is 19.8 Å².